The van der Waals surface area contributed by atoms with E-state index < -0.39 is 59.5 Å². The minimum Gasteiger partial charge on any atom is -0.292 e. The second-order valence-electron chi connectivity index (χ2n) is 10.7. The number of hydrazine groups is 1. The summed E-state index contributed by atoms with van der Waals surface area (Å²) in [6.45, 7) is -0.643. The number of nitrogens with zero attached hydrogens (tertiary/aromatic N) is 2. The third kappa shape index (κ3) is 3.91. The second kappa shape index (κ2) is 9.89. The third-order valence-electron chi connectivity index (χ3n) is 8.52. The van der Waals surface area contributed by atoms with Crippen LogP contribution in [0.2, 0.25) is 10.0 Å². The Balaban J connectivity index is 1.34. The van der Waals surface area contributed by atoms with E-state index in [0.29, 0.717) is 0 Å². The number of rotatable bonds is 5. The molecule has 4 aromatic rings. The van der Waals surface area contributed by atoms with Crippen molar-refractivity contribution in [3.05, 3.63) is 140 Å². The van der Waals surface area contributed by atoms with Crippen LogP contribution in [0, 0.1) is 17.7 Å². The van der Waals surface area contributed by atoms with Gasteiger partial charge in [0.15, 0.2) is 5.78 Å². The van der Waals surface area contributed by atoms with Crippen LogP contribution >= 0.6 is 23.2 Å². The Morgan fingerprint density at radius 1 is 0.738 bits per heavy atom. The standard InChI is InChI=1S/C33H21Cl2FN2O4/c34-18-11-14-24(25(35)15-18)31(40)37(16-26(39)17-9-12-19(36)13-10-17)38-32(41)29-27-20-5-1-2-6-21(20)28(30(29)33(38)42)23-8-4-3-7-22(23)27/h1-15,27-30H,16H2/t27?,28?,29-,30-/m1/s1. The maximum absolute atomic E-state index is 14.3. The number of carbonyl (C=O) groups is 4. The molecule has 4 aliphatic rings. The molecule has 2 bridgehead atoms. The summed E-state index contributed by atoms with van der Waals surface area (Å²) in [5.74, 6) is -5.35. The van der Waals surface area contributed by atoms with Gasteiger partial charge in [0.05, 0.1) is 22.4 Å². The predicted molar refractivity (Wildman–Crippen MR) is 154 cm³/mol. The molecule has 208 valence electrons. The fourth-order valence-electron chi connectivity index (χ4n) is 6.80. The zero-order valence-electron chi connectivity index (χ0n) is 21.8. The lowest BCUT2D eigenvalue weighted by molar-refractivity contribution is -0.154. The Hall–Kier alpha value is -4.33. The van der Waals surface area contributed by atoms with Gasteiger partial charge in [-0.15, -0.1) is 0 Å². The van der Waals surface area contributed by atoms with Crippen molar-refractivity contribution in [1.82, 2.24) is 10.0 Å². The smallest absolute Gasteiger partial charge is 0.274 e. The minimum atomic E-state index is -0.810. The van der Waals surface area contributed by atoms with Gasteiger partial charge in [0, 0.05) is 22.4 Å². The van der Waals surface area contributed by atoms with Crippen molar-refractivity contribution < 1.29 is 23.6 Å². The zero-order valence-corrected chi connectivity index (χ0v) is 23.3. The Kier molecular flexibility index (Phi) is 6.26. The maximum Gasteiger partial charge on any atom is 0.274 e. The topological polar surface area (TPSA) is 74.8 Å². The van der Waals surface area contributed by atoms with Crippen LogP contribution in [-0.4, -0.2) is 40.1 Å². The number of halogens is 3. The first-order chi connectivity index (χ1) is 20.3. The molecule has 1 aliphatic heterocycles. The van der Waals surface area contributed by atoms with E-state index in [9.17, 15) is 23.6 Å². The largest absolute Gasteiger partial charge is 0.292 e. The van der Waals surface area contributed by atoms with Gasteiger partial charge in [0.1, 0.15) is 12.4 Å². The first-order valence-electron chi connectivity index (χ1n) is 13.4. The van der Waals surface area contributed by atoms with E-state index >= 15 is 0 Å². The highest BCUT2D eigenvalue weighted by atomic mass is 35.5. The van der Waals surface area contributed by atoms with Gasteiger partial charge in [-0.3, -0.25) is 19.2 Å². The zero-order chi connectivity index (χ0) is 29.3. The number of amides is 3. The molecule has 0 spiro atoms. The first-order valence-corrected chi connectivity index (χ1v) is 14.1. The van der Waals surface area contributed by atoms with E-state index in [-0.39, 0.29) is 21.2 Å². The monoisotopic (exact) mass is 598 g/mol. The van der Waals surface area contributed by atoms with Crippen LogP contribution in [0.5, 0.6) is 0 Å². The van der Waals surface area contributed by atoms with Gasteiger partial charge >= 0.3 is 0 Å². The molecule has 6 nitrogen and oxygen atoms in total. The number of benzene rings is 4. The lowest BCUT2D eigenvalue weighted by atomic mass is 9.55. The molecule has 8 rings (SSSR count). The Morgan fingerprint density at radius 2 is 1.24 bits per heavy atom. The summed E-state index contributed by atoms with van der Waals surface area (Å²) in [6.07, 6.45) is 0. The summed E-state index contributed by atoms with van der Waals surface area (Å²) in [7, 11) is 0. The van der Waals surface area contributed by atoms with Crippen LogP contribution in [0.1, 0.15) is 54.8 Å². The van der Waals surface area contributed by atoms with Crippen molar-refractivity contribution in [2.24, 2.45) is 11.8 Å². The highest BCUT2D eigenvalue weighted by molar-refractivity contribution is 6.36. The van der Waals surface area contributed by atoms with E-state index in [1.807, 2.05) is 48.5 Å². The second-order valence-corrected chi connectivity index (χ2v) is 11.5. The molecule has 3 aliphatic carbocycles. The number of carbonyl (C=O) groups excluding carboxylic acids is 4. The number of hydrogen-bond donors (Lipinski definition) is 0. The lowest BCUT2D eigenvalue weighted by Crippen LogP contribution is -2.52. The predicted octanol–water partition coefficient (Wildman–Crippen LogP) is 6.26. The first kappa shape index (κ1) is 26.6. The van der Waals surface area contributed by atoms with Gasteiger partial charge in [-0.1, -0.05) is 71.7 Å². The molecule has 0 unspecified atom stereocenters. The molecule has 0 N–H and O–H groups in total. The van der Waals surface area contributed by atoms with Crippen LogP contribution < -0.4 is 0 Å². The summed E-state index contributed by atoms with van der Waals surface area (Å²) >= 11 is 12.4. The lowest BCUT2D eigenvalue weighted by Gasteiger charge is -2.45. The van der Waals surface area contributed by atoms with E-state index in [4.69, 9.17) is 23.2 Å². The molecule has 42 heavy (non-hydrogen) atoms. The van der Waals surface area contributed by atoms with E-state index in [0.717, 1.165) is 44.4 Å². The molecule has 4 aromatic carbocycles. The number of hydrogen-bond acceptors (Lipinski definition) is 4. The van der Waals surface area contributed by atoms with Gasteiger partial charge in [0.25, 0.3) is 17.7 Å². The van der Waals surface area contributed by atoms with Crippen molar-refractivity contribution in [2.75, 3.05) is 6.54 Å². The van der Waals surface area contributed by atoms with Gasteiger partial charge in [-0.2, -0.15) is 5.01 Å². The molecule has 0 radical (unpaired) electrons. The Labute approximate surface area is 250 Å². The van der Waals surface area contributed by atoms with E-state index in [2.05, 4.69) is 0 Å². The van der Waals surface area contributed by atoms with Crippen LogP contribution in [0.3, 0.4) is 0 Å². The Morgan fingerprint density at radius 3 is 1.71 bits per heavy atom. The summed E-state index contributed by atoms with van der Waals surface area (Å²) < 4.78 is 13.6. The average molecular weight is 599 g/mol. The molecular formula is C33H21Cl2FN2O4. The summed E-state index contributed by atoms with van der Waals surface area (Å²) in [4.78, 5) is 56.1. The van der Waals surface area contributed by atoms with Crippen molar-refractivity contribution in [2.45, 2.75) is 11.8 Å². The van der Waals surface area contributed by atoms with Crippen molar-refractivity contribution in [3.63, 3.8) is 0 Å². The quantitative estimate of drug-likeness (QED) is 0.200. The molecule has 9 heteroatoms. The van der Waals surface area contributed by atoms with E-state index in [1.165, 1.54) is 30.3 Å². The summed E-state index contributed by atoms with van der Waals surface area (Å²) in [5.41, 5.74) is 4.00. The fourth-order valence-corrected chi connectivity index (χ4v) is 7.29. The van der Waals surface area contributed by atoms with Gasteiger partial charge in [0.2, 0.25) is 0 Å². The molecular weight excluding hydrogens is 578 g/mol. The van der Waals surface area contributed by atoms with Crippen LogP contribution in [0.15, 0.2) is 91.0 Å². The molecule has 2 atom stereocenters. The molecule has 1 fully saturated rings. The third-order valence-corrected chi connectivity index (χ3v) is 9.07. The van der Waals surface area contributed by atoms with Gasteiger partial charge in [-0.05, 0) is 64.7 Å². The SMILES string of the molecule is O=C(CN(C(=O)c1ccc(Cl)cc1Cl)N1C(=O)[C@@H]2C3c4ccccc4C(c4ccccc43)[C@H]2C1=O)c1ccc(F)cc1. The van der Waals surface area contributed by atoms with Gasteiger partial charge < -0.3 is 0 Å². The van der Waals surface area contributed by atoms with Crippen LogP contribution in [-0.2, 0) is 9.59 Å². The van der Waals surface area contributed by atoms with Crippen LogP contribution in [0.25, 0.3) is 0 Å². The highest BCUT2D eigenvalue weighted by Gasteiger charge is 2.63. The maximum atomic E-state index is 14.3. The average Bonchev–Trinajstić information content (AvgIpc) is 3.25. The molecule has 3 amide bonds. The molecule has 1 heterocycles. The number of Topliss-reactive ketones (excluding diaryl/α,β-unsaturated/α-hetero) is 1. The molecule has 0 saturated carbocycles. The van der Waals surface area contributed by atoms with Crippen molar-refractivity contribution in [3.8, 4) is 0 Å². The number of ketones is 1. The normalized spacial score (nSPS) is 21.5. The van der Waals surface area contributed by atoms with Crippen molar-refractivity contribution in [1.29, 1.82) is 0 Å². The highest BCUT2D eigenvalue weighted by Crippen LogP contribution is 2.61. The van der Waals surface area contributed by atoms with Crippen LogP contribution in [0.4, 0.5) is 4.39 Å². The minimum absolute atomic E-state index is 0.00289. The Bertz CT molecular complexity index is 1710. The number of imide groups is 1. The molecule has 0 aromatic heterocycles. The van der Waals surface area contributed by atoms with Gasteiger partial charge in [-0.25, -0.2) is 9.40 Å². The summed E-state index contributed by atoms with van der Waals surface area (Å²) in [5, 5.41) is 2.00. The van der Waals surface area contributed by atoms with E-state index in [1.54, 1.807) is 0 Å². The summed E-state index contributed by atoms with van der Waals surface area (Å²) in [6, 6.07) is 24.6. The van der Waals surface area contributed by atoms with Crippen molar-refractivity contribution >= 4 is 46.7 Å². The fraction of sp³-hybridized carbons (Fsp3) is 0.152. The molecule has 1 saturated heterocycles.